The Kier molecular flexibility index (Phi) is 6.92. The van der Waals surface area contributed by atoms with Crippen LogP contribution >= 0.6 is 12.4 Å². The Hall–Kier alpha value is -0.650. The lowest BCUT2D eigenvalue weighted by Crippen LogP contribution is -2.45. The highest BCUT2D eigenvalue weighted by Crippen LogP contribution is 2.23. The highest BCUT2D eigenvalue weighted by molar-refractivity contribution is 5.85. The van der Waals surface area contributed by atoms with Crippen molar-refractivity contribution in [2.45, 2.75) is 52.6 Å². The SMILES string of the molecule is CC(C)Cc1noc(CN2CCC(C)CC2CN)n1.Cl. The molecule has 116 valence electrons. The highest BCUT2D eigenvalue weighted by atomic mass is 35.5. The molecule has 2 heterocycles. The molecule has 1 aliphatic heterocycles. The van der Waals surface area contributed by atoms with Crippen molar-refractivity contribution in [1.29, 1.82) is 0 Å². The Morgan fingerprint density at radius 1 is 1.45 bits per heavy atom. The van der Waals surface area contributed by atoms with Crippen molar-refractivity contribution in [2.75, 3.05) is 13.1 Å². The Morgan fingerprint density at radius 2 is 2.20 bits per heavy atom. The number of rotatable bonds is 5. The van der Waals surface area contributed by atoms with E-state index in [2.05, 4.69) is 35.8 Å². The zero-order valence-corrected chi connectivity index (χ0v) is 13.5. The van der Waals surface area contributed by atoms with E-state index in [1.807, 2.05) is 0 Å². The van der Waals surface area contributed by atoms with Gasteiger partial charge in [-0.15, -0.1) is 12.4 Å². The van der Waals surface area contributed by atoms with Gasteiger partial charge in [0, 0.05) is 19.0 Å². The molecule has 0 aromatic carbocycles. The van der Waals surface area contributed by atoms with Crippen molar-refractivity contribution in [3.63, 3.8) is 0 Å². The first kappa shape index (κ1) is 17.4. The molecule has 0 radical (unpaired) electrons. The molecule has 0 spiro atoms. The molecule has 6 heteroatoms. The molecular formula is C14H27ClN4O. The Balaban J connectivity index is 0.00000200. The Labute approximate surface area is 127 Å². The van der Waals surface area contributed by atoms with E-state index in [9.17, 15) is 0 Å². The molecule has 2 atom stereocenters. The van der Waals surface area contributed by atoms with Crippen LogP contribution < -0.4 is 5.73 Å². The highest BCUT2D eigenvalue weighted by Gasteiger charge is 2.26. The predicted molar refractivity (Wildman–Crippen MR) is 81.7 cm³/mol. The lowest BCUT2D eigenvalue weighted by molar-refractivity contribution is 0.102. The lowest BCUT2D eigenvalue weighted by Gasteiger charge is -2.36. The van der Waals surface area contributed by atoms with Gasteiger partial charge in [-0.2, -0.15) is 4.98 Å². The van der Waals surface area contributed by atoms with Crippen LogP contribution in [-0.2, 0) is 13.0 Å². The quantitative estimate of drug-likeness (QED) is 0.903. The molecule has 0 amide bonds. The summed E-state index contributed by atoms with van der Waals surface area (Å²) in [5, 5.41) is 4.04. The Morgan fingerprint density at radius 3 is 2.85 bits per heavy atom. The van der Waals surface area contributed by atoms with Gasteiger partial charge in [0.05, 0.1) is 6.54 Å². The first-order valence-corrected chi connectivity index (χ1v) is 7.34. The summed E-state index contributed by atoms with van der Waals surface area (Å²) in [6.07, 6.45) is 3.27. The van der Waals surface area contributed by atoms with Crippen molar-refractivity contribution in [3.8, 4) is 0 Å². The third-order valence-corrected chi connectivity index (χ3v) is 3.81. The van der Waals surface area contributed by atoms with E-state index >= 15 is 0 Å². The second-order valence-electron chi connectivity index (χ2n) is 6.19. The number of hydrogen-bond acceptors (Lipinski definition) is 5. The van der Waals surface area contributed by atoms with E-state index in [1.165, 1.54) is 12.8 Å². The van der Waals surface area contributed by atoms with Gasteiger partial charge in [0.2, 0.25) is 5.89 Å². The number of halogens is 1. The molecule has 0 aliphatic carbocycles. The van der Waals surface area contributed by atoms with E-state index in [-0.39, 0.29) is 12.4 Å². The predicted octanol–water partition coefficient (Wildman–Crippen LogP) is 2.25. The van der Waals surface area contributed by atoms with E-state index in [4.69, 9.17) is 10.3 Å². The smallest absolute Gasteiger partial charge is 0.240 e. The van der Waals surface area contributed by atoms with Crippen molar-refractivity contribution in [2.24, 2.45) is 17.6 Å². The van der Waals surface area contributed by atoms with Gasteiger partial charge in [-0.1, -0.05) is 25.9 Å². The van der Waals surface area contributed by atoms with Gasteiger partial charge in [0.25, 0.3) is 0 Å². The average Bonchev–Trinajstić information content (AvgIpc) is 2.78. The van der Waals surface area contributed by atoms with E-state index in [0.717, 1.165) is 37.1 Å². The maximum atomic E-state index is 5.87. The molecule has 1 aromatic heterocycles. The van der Waals surface area contributed by atoms with Gasteiger partial charge in [0.1, 0.15) is 0 Å². The fourth-order valence-corrected chi connectivity index (χ4v) is 2.73. The fourth-order valence-electron chi connectivity index (χ4n) is 2.73. The second-order valence-corrected chi connectivity index (χ2v) is 6.19. The molecule has 0 saturated carbocycles. The summed E-state index contributed by atoms with van der Waals surface area (Å²) in [5.74, 6) is 2.87. The van der Waals surface area contributed by atoms with Gasteiger partial charge in [-0.25, -0.2) is 0 Å². The van der Waals surface area contributed by atoms with E-state index < -0.39 is 0 Å². The minimum atomic E-state index is 0. The van der Waals surface area contributed by atoms with Crippen LogP contribution in [0, 0.1) is 11.8 Å². The molecule has 1 aliphatic rings. The first-order valence-electron chi connectivity index (χ1n) is 7.34. The Bertz CT molecular complexity index is 396. The molecule has 1 saturated heterocycles. The third-order valence-electron chi connectivity index (χ3n) is 3.81. The van der Waals surface area contributed by atoms with Crippen LogP contribution in [0.25, 0.3) is 0 Å². The maximum absolute atomic E-state index is 5.87. The summed E-state index contributed by atoms with van der Waals surface area (Å²) in [4.78, 5) is 6.85. The van der Waals surface area contributed by atoms with Crippen molar-refractivity contribution < 1.29 is 4.52 Å². The number of aromatic nitrogens is 2. The molecular weight excluding hydrogens is 276 g/mol. The van der Waals surface area contributed by atoms with Crippen LogP contribution in [0.5, 0.6) is 0 Å². The van der Waals surface area contributed by atoms with E-state index in [1.54, 1.807) is 0 Å². The summed E-state index contributed by atoms with van der Waals surface area (Å²) in [6, 6.07) is 0.448. The first-order chi connectivity index (χ1) is 9.08. The normalized spacial score (nSPS) is 23.9. The minimum absolute atomic E-state index is 0. The van der Waals surface area contributed by atoms with Crippen molar-refractivity contribution >= 4 is 12.4 Å². The lowest BCUT2D eigenvalue weighted by atomic mass is 9.92. The van der Waals surface area contributed by atoms with Gasteiger partial charge in [0.15, 0.2) is 5.82 Å². The fraction of sp³-hybridized carbons (Fsp3) is 0.857. The van der Waals surface area contributed by atoms with E-state index in [0.29, 0.717) is 18.5 Å². The van der Waals surface area contributed by atoms with Gasteiger partial charge in [-0.05, 0) is 31.2 Å². The number of nitrogens with zero attached hydrogens (tertiary/aromatic N) is 3. The summed E-state index contributed by atoms with van der Waals surface area (Å²) >= 11 is 0. The maximum Gasteiger partial charge on any atom is 0.240 e. The molecule has 20 heavy (non-hydrogen) atoms. The summed E-state index contributed by atoms with van der Waals surface area (Å²) < 4.78 is 5.34. The van der Waals surface area contributed by atoms with Crippen molar-refractivity contribution in [3.05, 3.63) is 11.7 Å². The molecule has 2 rings (SSSR count). The van der Waals surface area contributed by atoms with Crippen LogP contribution in [-0.4, -0.2) is 34.2 Å². The second kappa shape index (κ2) is 7.96. The molecule has 0 bridgehead atoms. The number of hydrogen-bond donors (Lipinski definition) is 1. The number of nitrogens with two attached hydrogens (primary N) is 1. The van der Waals surface area contributed by atoms with Crippen LogP contribution in [0.1, 0.15) is 45.3 Å². The van der Waals surface area contributed by atoms with Crippen LogP contribution in [0.2, 0.25) is 0 Å². The van der Waals surface area contributed by atoms with Gasteiger partial charge in [-0.3, -0.25) is 4.90 Å². The number of likely N-dealkylation sites (tertiary alicyclic amines) is 1. The number of piperidine rings is 1. The monoisotopic (exact) mass is 302 g/mol. The van der Waals surface area contributed by atoms with Crippen molar-refractivity contribution in [1.82, 2.24) is 15.0 Å². The topological polar surface area (TPSA) is 68.2 Å². The van der Waals surface area contributed by atoms with Crippen LogP contribution in [0.4, 0.5) is 0 Å². The van der Waals surface area contributed by atoms with Crippen LogP contribution in [0.15, 0.2) is 4.52 Å². The molecule has 5 nitrogen and oxygen atoms in total. The molecule has 2 N–H and O–H groups in total. The van der Waals surface area contributed by atoms with Gasteiger partial charge >= 0.3 is 0 Å². The summed E-state index contributed by atoms with van der Waals surface area (Å²) in [6.45, 7) is 9.13. The summed E-state index contributed by atoms with van der Waals surface area (Å²) in [5.41, 5.74) is 5.87. The third kappa shape index (κ3) is 4.72. The molecule has 1 aromatic rings. The minimum Gasteiger partial charge on any atom is -0.338 e. The zero-order valence-electron chi connectivity index (χ0n) is 12.7. The van der Waals surface area contributed by atoms with Crippen LogP contribution in [0.3, 0.4) is 0 Å². The zero-order chi connectivity index (χ0) is 13.8. The molecule has 2 unspecified atom stereocenters. The largest absolute Gasteiger partial charge is 0.338 e. The summed E-state index contributed by atoms with van der Waals surface area (Å²) in [7, 11) is 0. The standard InChI is InChI=1S/C14H26N4O.ClH/c1-10(2)6-13-16-14(19-17-13)9-18-5-4-11(3)7-12(18)8-15;/h10-12H,4-9,15H2,1-3H3;1H. The average molecular weight is 303 g/mol. The van der Waals surface area contributed by atoms with Gasteiger partial charge < -0.3 is 10.3 Å². The molecule has 1 fully saturated rings.